The minimum atomic E-state index is -3.72. The maximum absolute atomic E-state index is 12.5. The summed E-state index contributed by atoms with van der Waals surface area (Å²) in [5.41, 5.74) is 0.760. The van der Waals surface area contributed by atoms with E-state index in [0.717, 1.165) is 11.8 Å². The Bertz CT molecular complexity index is 907. The summed E-state index contributed by atoms with van der Waals surface area (Å²) in [6.07, 6.45) is 1.07. The van der Waals surface area contributed by atoms with Crippen molar-refractivity contribution in [3.05, 3.63) is 59.1 Å². The Kier molecular flexibility index (Phi) is 5.15. The molecule has 0 aliphatic heterocycles. The molecule has 8 heteroatoms. The van der Waals surface area contributed by atoms with Gasteiger partial charge in [-0.1, -0.05) is 23.7 Å². The van der Waals surface area contributed by atoms with Crippen molar-refractivity contribution in [1.29, 1.82) is 0 Å². The lowest BCUT2D eigenvalue weighted by Gasteiger charge is -2.17. The van der Waals surface area contributed by atoms with E-state index in [-0.39, 0.29) is 16.3 Å². The second-order valence-corrected chi connectivity index (χ2v) is 9.63. The highest BCUT2D eigenvalue weighted by Gasteiger charge is 2.21. The minimum absolute atomic E-state index is 0.0365. The maximum Gasteiger partial charge on any atom is 0.243 e. The third-order valence-corrected chi connectivity index (χ3v) is 6.44. The van der Waals surface area contributed by atoms with Crippen LogP contribution < -0.4 is 0 Å². The third-order valence-electron chi connectivity index (χ3n) is 3.25. The second-order valence-electron chi connectivity index (χ2n) is 5.13. The van der Waals surface area contributed by atoms with E-state index in [9.17, 15) is 16.8 Å². The summed E-state index contributed by atoms with van der Waals surface area (Å²) in [6, 6.07) is 12.1. The Morgan fingerprint density at radius 2 is 1.52 bits per heavy atom. The first-order valence-corrected chi connectivity index (χ1v) is 10.3. The number of sulfone groups is 1. The van der Waals surface area contributed by atoms with Crippen molar-refractivity contribution in [2.24, 2.45) is 0 Å². The number of benzene rings is 2. The molecule has 0 unspecified atom stereocenters. The molecule has 2 rings (SSSR count). The molecule has 0 saturated heterocycles. The largest absolute Gasteiger partial charge is 0.243 e. The summed E-state index contributed by atoms with van der Waals surface area (Å²) < 4.78 is 49.1. The highest BCUT2D eigenvalue weighted by Crippen LogP contribution is 2.20. The zero-order valence-electron chi connectivity index (χ0n) is 12.6. The van der Waals surface area contributed by atoms with Crippen molar-refractivity contribution in [2.75, 3.05) is 13.3 Å². The van der Waals surface area contributed by atoms with Gasteiger partial charge >= 0.3 is 0 Å². The van der Waals surface area contributed by atoms with Gasteiger partial charge in [-0.2, -0.15) is 4.31 Å². The molecule has 0 bridgehead atoms. The number of sulfonamides is 1. The van der Waals surface area contributed by atoms with Crippen molar-refractivity contribution in [2.45, 2.75) is 16.3 Å². The number of nitrogens with zero attached hydrogens (tertiary/aromatic N) is 1. The van der Waals surface area contributed by atoms with E-state index >= 15 is 0 Å². The van der Waals surface area contributed by atoms with Crippen LogP contribution in [-0.2, 0) is 26.4 Å². The molecule has 0 aliphatic rings. The van der Waals surface area contributed by atoms with Gasteiger partial charge in [0.2, 0.25) is 10.0 Å². The highest BCUT2D eigenvalue weighted by atomic mass is 35.5. The Balaban J connectivity index is 2.27. The molecule has 2 aromatic rings. The Morgan fingerprint density at radius 1 is 0.957 bits per heavy atom. The summed E-state index contributed by atoms with van der Waals surface area (Å²) in [5.74, 6) is 0. The van der Waals surface area contributed by atoms with Crippen LogP contribution in [-0.4, -0.2) is 34.4 Å². The van der Waals surface area contributed by atoms with Crippen molar-refractivity contribution < 1.29 is 16.8 Å². The fourth-order valence-corrected chi connectivity index (χ4v) is 4.02. The van der Waals surface area contributed by atoms with Crippen molar-refractivity contribution in [3.63, 3.8) is 0 Å². The van der Waals surface area contributed by atoms with Crippen LogP contribution in [0.15, 0.2) is 58.3 Å². The maximum atomic E-state index is 12.5. The van der Waals surface area contributed by atoms with Crippen LogP contribution in [0.1, 0.15) is 5.56 Å². The highest BCUT2D eigenvalue weighted by molar-refractivity contribution is 7.90. The van der Waals surface area contributed by atoms with Crippen LogP contribution >= 0.6 is 11.6 Å². The van der Waals surface area contributed by atoms with Gasteiger partial charge in [-0.05, 0) is 42.0 Å². The van der Waals surface area contributed by atoms with Crippen molar-refractivity contribution in [3.8, 4) is 0 Å². The van der Waals surface area contributed by atoms with Gasteiger partial charge < -0.3 is 0 Å². The molecular weight excluding hydrogens is 358 g/mol. The predicted octanol–water partition coefficient (Wildman–Crippen LogP) is 2.56. The van der Waals surface area contributed by atoms with Crippen LogP contribution in [0.4, 0.5) is 0 Å². The first-order chi connectivity index (χ1) is 10.6. The van der Waals surface area contributed by atoms with Gasteiger partial charge in [0.15, 0.2) is 9.84 Å². The predicted molar refractivity (Wildman–Crippen MR) is 89.7 cm³/mol. The molecule has 0 aliphatic carbocycles. The van der Waals surface area contributed by atoms with Crippen LogP contribution in [0, 0.1) is 0 Å². The van der Waals surface area contributed by atoms with Crippen LogP contribution in [0.25, 0.3) is 0 Å². The smallest absolute Gasteiger partial charge is 0.224 e. The van der Waals surface area contributed by atoms with Gasteiger partial charge in [0.1, 0.15) is 0 Å². The fourth-order valence-electron chi connectivity index (χ4n) is 2.02. The molecular formula is C15H16ClNO4S2. The molecule has 0 N–H and O–H groups in total. The lowest BCUT2D eigenvalue weighted by atomic mass is 10.2. The first kappa shape index (κ1) is 17.9. The number of hydrogen-bond acceptors (Lipinski definition) is 4. The first-order valence-electron chi connectivity index (χ1n) is 6.61. The average molecular weight is 374 g/mol. The van der Waals surface area contributed by atoms with Gasteiger partial charge in [0.25, 0.3) is 0 Å². The lowest BCUT2D eigenvalue weighted by Crippen LogP contribution is -2.26. The molecule has 0 radical (unpaired) electrons. The molecule has 0 saturated carbocycles. The Labute approximate surface area is 141 Å². The fraction of sp³-hybridized carbons (Fsp3) is 0.200. The summed E-state index contributed by atoms with van der Waals surface area (Å²) >= 11 is 5.89. The molecule has 0 amide bonds. The number of hydrogen-bond donors (Lipinski definition) is 0. The van der Waals surface area contributed by atoms with E-state index in [1.807, 2.05) is 0 Å². The van der Waals surface area contributed by atoms with E-state index < -0.39 is 19.9 Å². The zero-order chi connectivity index (χ0) is 17.3. The number of halogens is 1. The monoisotopic (exact) mass is 373 g/mol. The average Bonchev–Trinajstić information content (AvgIpc) is 2.46. The minimum Gasteiger partial charge on any atom is -0.224 e. The van der Waals surface area contributed by atoms with Gasteiger partial charge in [-0.25, -0.2) is 16.8 Å². The molecule has 0 aromatic heterocycles. The van der Waals surface area contributed by atoms with E-state index in [1.54, 1.807) is 24.3 Å². The van der Waals surface area contributed by atoms with Crippen molar-refractivity contribution in [1.82, 2.24) is 4.31 Å². The zero-order valence-corrected chi connectivity index (χ0v) is 15.0. The topological polar surface area (TPSA) is 71.5 Å². The Morgan fingerprint density at radius 3 is 2.04 bits per heavy atom. The van der Waals surface area contributed by atoms with Gasteiger partial charge in [0.05, 0.1) is 9.79 Å². The van der Waals surface area contributed by atoms with Gasteiger partial charge in [-0.15, -0.1) is 0 Å². The summed E-state index contributed by atoms with van der Waals surface area (Å²) in [4.78, 5) is 0.114. The number of rotatable bonds is 5. The molecule has 5 nitrogen and oxygen atoms in total. The van der Waals surface area contributed by atoms with Gasteiger partial charge in [-0.3, -0.25) is 0 Å². The molecule has 23 heavy (non-hydrogen) atoms. The van der Waals surface area contributed by atoms with Crippen LogP contribution in [0.2, 0.25) is 5.02 Å². The normalized spacial score (nSPS) is 12.5. The molecule has 0 atom stereocenters. The third kappa shape index (κ3) is 4.32. The summed E-state index contributed by atoms with van der Waals surface area (Å²) in [5, 5.41) is 0.533. The van der Waals surface area contributed by atoms with Gasteiger partial charge in [0, 0.05) is 24.9 Å². The summed E-state index contributed by atoms with van der Waals surface area (Å²) in [7, 11) is -5.62. The molecule has 0 fully saturated rings. The van der Waals surface area contributed by atoms with E-state index in [0.29, 0.717) is 5.02 Å². The molecule has 2 aromatic carbocycles. The van der Waals surface area contributed by atoms with Crippen LogP contribution in [0.5, 0.6) is 0 Å². The quantitative estimate of drug-likeness (QED) is 0.807. The van der Waals surface area contributed by atoms with Crippen molar-refractivity contribution >= 4 is 31.5 Å². The standard InChI is InChI=1S/C15H16ClNO4S2/c1-17(11-12-4-3-5-13(16)10-12)23(20,21)15-8-6-14(7-9-15)22(2,18)19/h3-10H,11H2,1-2H3. The molecule has 124 valence electrons. The lowest BCUT2D eigenvalue weighted by molar-refractivity contribution is 0.466. The second kappa shape index (κ2) is 6.60. The SMILES string of the molecule is CN(Cc1cccc(Cl)c1)S(=O)(=O)c1ccc(S(C)(=O)=O)cc1. The van der Waals surface area contributed by atoms with E-state index in [4.69, 9.17) is 11.6 Å². The Hall–Kier alpha value is -1.41. The van der Waals surface area contributed by atoms with E-state index in [1.165, 1.54) is 35.6 Å². The molecule has 0 spiro atoms. The molecule has 0 heterocycles. The van der Waals surface area contributed by atoms with E-state index in [2.05, 4.69) is 0 Å². The summed E-state index contributed by atoms with van der Waals surface area (Å²) in [6.45, 7) is 0.163. The van der Waals surface area contributed by atoms with Crippen LogP contribution in [0.3, 0.4) is 0 Å².